The zero-order valence-electron chi connectivity index (χ0n) is 5.56. The Morgan fingerprint density at radius 3 is 2.18 bits per heavy atom. The van der Waals surface area contributed by atoms with Crippen LogP contribution < -0.4 is 0 Å². The molecule has 62 valence electrons. The molecule has 11 heavy (non-hydrogen) atoms. The van der Waals surface area contributed by atoms with E-state index in [1.807, 2.05) is 0 Å². The average Bonchev–Trinajstić information content (AvgIpc) is 1.87. The van der Waals surface area contributed by atoms with Crippen LogP contribution >= 0.6 is 0 Å². The zero-order chi connectivity index (χ0) is 8.85. The first kappa shape index (κ1) is 9.54. The molecule has 0 aromatic carbocycles. The van der Waals surface area contributed by atoms with Crippen LogP contribution in [-0.4, -0.2) is 28.2 Å². The second-order valence-electron chi connectivity index (χ2n) is 1.89. The quantitative estimate of drug-likeness (QED) is 0.555. The Morgan fingerprint density at radius 1 is 1.36 bits per heavy atom. The van der Waals surface area contributed by atoms with Gasteiger partial charge in [-0.1, -0.05) is 5.18 Å². The lowest BCUT2D eigenvalue weighted by Gasteiger charge is -1.98. The second kappa shape index (κ2) is 4.37. The Kier molecular flexibility index (Phi) is 3.79. The number of nitroso groups, excluding NO2 is 1. The van der Waals surface area contributed by atoms with E-state index in [2.05, 4.69) is 5.18 Å². The van der Waals surface area contributed by atoms with E-state index in [0.29, 0.717) is 0 Å². The van der Waals surface area contributed by atoms with Crippen LogP contribution in [0.2, 0.25) is 0 Å². The maximum Gasteiger partial charge on any atom is 0.332 e. The highest BCUT2D eigenvalue weighted by atomic mass is 16.4. The topological polar surface area (TPSA) is 104 Å². The number of carboxylic acid groups (broad SMARTS) is 2. The van der Waals surface area contributed by atoms with Crippen LogP contribution in [0.15, 0.2) is 5.18 Å². The minimum Gasteiger partial charge on any atom is -0.481 e. The van der Waals surface area contributed by atoms with E-state index < -0.39 is 18.0 Å². The molecule has 0 amide bonds. The van der Waals surface area contributed by atoms with Crippen molar-refractivity contribution in [2.75, 3.05) is 0 Å². The van der Waals surface area contributed by atoms with E-state index in [0.717, 1.165) is 0 Å². The smallest absolute Gasteiger partial charge is 0.332 e. The lowest BCUT2D eigenvalue weighted by atomic mass is 10.2. The summed E-state index contributed by atoms with van der Waals surface area (Å²) in [5.74, 6) is -2.53. The van der Waals surface area contributed by atoms with Gasteiger partial charge in [-0.2, -0.15) is 0 Å². The lowest BCUT2D eigenvalue weighted by Crippen LogP contribution is -2.18. The van der Waals surface area contributed by atoms with E-state index >= 15 is 0 Å². The Bertz CT molecular complexity index is 178. The van der Waals surface area contributed by atoms with E-state index in [9.17, 15) is 14.5 Å². The van der Waals surface area contributed by atoms with Crippen molar-refractivity contribution in [3.63, 3.8) is 0 Å². The monoisotopic (exact) mass is 161 g/mol. The fourth-order valence-electron chi connectivity index (χ4n) is 0.481. The van der Waals surface area contributed by atoms with Gasteiger partial charge < -0.3 is 10.2 Å². The molecule has 0 rings (SSSR count). The molecule has 0 spiro atoms. The standard InChI is InChI=1S/C5H7NO5/c7-4(8)2-1-3(6-11)5(9)10/h3H,1-2H2,(H,7,8)(H,9,10)/t3-/m0/s1. The van der Waals surface area contributed by atoms with Gasteiger partial charge in [-0.25, -0.2) is 4.79 Å². The summed E-state index contributed by atoms with van der Waals surface area (Å²) in [5.41, 5.74) is 0. The Morgan fingerprint density at radius 2 is 1.91 bits per heavy atom. The second-order valence-corrected chi connectivity index (χ2v) is 1.89. The highest BCUT2D eigenvalue weighted by Crippen LogP contribution is 2.01. The van der Waals surface area contributed by atoms with E-state index in [1.54, 1.807) is 0 Å². The first-order valence-corrected chi connectivity index (χ1v) is 2.85. The fraction of sp³-hybridized carbons (Fsp3) is 0.600. The SMILES string of the molecule is O=N[C@@H](CCC(=O)O)C(=O)O. The molecule has 0 fully saturated rings. The van der Waals surface area contributed by atoms with Crippen molar-refractivity contribution in [2.45, 2.75) is 18.9 Å². The van der Waals surface area contributed by atoms with Crippen molar-refractivity contribution in [3.8, 4) is 0 Å². The maximum atomic E-state index is 10.1. The van der Waals surface area contributed by atoms with Crippen LogP contribution in [0.25, 0.3) is 0 Å². The van der Waals surface area contributed by atoms with Crippen molar-refractivity contribution in [3.05, 3.63) is 4.91 Å². The summed E-state index contributed by atoms with van der Waals surface area (Å²) in [5, 5.41) is 18.5. The molecule has 1 atom stereocenters. The Hall–Kier alpha value is -1.46. The molecular formula is C5H7NO5. The Balaban J connectivity index is 3.79. The molecule has 0 aromatic heterocycles. The zero-order valence-corrected chi connectivity index (χ0v) is 5.56. The highest BCUT2D eigenvalue weighted by molar-refractivity contribution is 5.75. The number of rotatable bonds is 5. The van der Waals surface area contributed by atoms with Crippen LogP contribution in [0.3, 0.4) is 0 Å². The third kappa shape index (κ3) is 4.01. The molecule has 0 aliphatic heterocycles. The summed E-state index contributed by atoms with van der Waals surface area (Å²) < 4.78 is 0. The molecule has 0 aromatic rings. The normalized spacial score (nSPS) is 12.0. The number of carbonyl (C=O) groups is 2. The van der Waals surface area contributed by atoms with Crippen LogP contribution in [0, 0.1) is 4.91 Å². The highest BCUT2D eigenvalue weighted by Gasteiger charge is 2.18. The molecule has 0 radical (unpaired) electrons. The van der Waals surface area contributed by atoms with Gasteiger partial charge in [-0.05, 0) is 6.42 Å². The van der Waals surface area contributed by atoms with Gasteiger partial charge in [0.1, 0.15) is 0 Å². The average molecular weight is 161 g/mol. The van der Waals surface area contributed by atoms with Gasteiger partial charge in [-0.15, -0.1) is 4.91 Å². The summed E-state index contributed by atoms with van der Waals surface area (Å²) in [6, 6.07) is -1.44. The minimum absolute atomic E-state index is 0.256. The van der Waals surface area contributed by atoms with Gasteiger partial charge in [0.25, 0.3) is 0 Å². The summed E-state index contributed by atoms with van der Waals surface area (Å²) in [7, 11) is 0. The van der Waals surface area contributed by atoms with E-state index in [1.165, 1.54) is 0 Å². The largest absolute Gasteiger partial charge is 0.481 e. The summed E-state index contributed by atoms with van der Waals surface area (Å²) >= 11 is 0. The summed E-state index contributed by atoms with van der Waals surface area (Å²) in [6.45, 7) is 0. The minimum atomic E-state index is -1.44. The van der Waals surface area contributed by atoms with Crippen LogP contribution in [-0.2, 0) is 9.59 Å². The van der Waals surface area contributed by atoms with Crippen LogP contribution in [0.4, 0.5) is 0 Å². The number of hydrogen-bond donors (Lipinski definition) is 2. The number of nitrogens with zero attached hydrogens (tertiary/aromatic N) is 1. The van der Waals surface area contributed by atoms with Gasteiger partial charge in [0, 0.05) is 6.42 Å². The first-order valence-electron chi connectivity index (χ1n) is 2.85. The van der Waals surface area contributed by atoms with Crippen LogP contribution in [0.5, 0.6) is 0 Å². The van der Waals surface area contributed by atoms with Gasteiger partial charge in [0.15, 0.2) is 6.04 Å². The molecule has 0 heterocycles. The summed E-state index contributed by atoms with van der Waals surface area (Å²) in [4.78, 5) is 29.7. The summed E-state index contributed by atoms with van der Waals surface area (Å²) in [6.07, 6.45) is -0.614. The van der Waals surface area contributed by atoms with Gasteiger partial charge in [0.2, 0.25) is 0 Å². The molecule has 6 heteroatoms. The molecular weight excluding hydrogens is 154 g/mol. The van der Waals surface area contributed by atoms with Crippen molar-refractivity contribution in [1.82, 2.24) is 0 Å². The number of aliphatic carboxylic acids is 2. The van der Waals surface area contributed by atoms with E-state index in [-0.39, 0.29) is 12.8 Å². The van der Waals surface area contributed by atoms with E-state index in [4.69, 9.17) is 10.2 Å². The van der Waals surface area contributed by atoms with Crippen molar-refractivity contribution in [2.24, 2.45) is 5.18 Å². The Labute approximate surface area is 61.8 Å². The molecule has 0 saturated heterocycles. The van der Waals surface area contributed by atoms with Crippen molar-refractivity contribution < 1.29 is 19.8 Å². The van der Waals surface area contributed by atoms with Gasteiger partial charge >= 0.3 is 11.9 Å². The predicted octanol–water partition coefficient (Wildman–Crippen LogP) is 0.0708. The molecule has 0 bridgehead atoms. The third-order valence-corrected chi connectivity index (χ3v) is 1.04. The van der Waals surface area contributed by atoms with Crippen molar-refractivity contribution in [1.29, 1.82) is 0 Å². The molecule has 6 nitrogen and oxygen atoms in total. The predicted molar refractivity (Wildman–Crippen MR) is 34.1 cm³/mol. The van der Waals surface area contributed by atoms with Gasteiger partial charge in [-0.3, -0.25) is 4.79 Å². The number of hydrogen-bond acceptors (Lipinski definition) is 4. The third-order valence-electron chi connectivity index (χ3n) is 1.04. The molecule has 0 aliphatic rings. The molecule has 0 aliphatic carbocycles. The maximum absolute atomic E-state index is 10.1. The van der Waals surface area contributed by atoms with Crippen LogP contribution in [0.1, 0.15) is 12.8 Å². The molecule has 2 N–H and O–H groups in total. The van der Waals surface area contributed by atoms with Crippen molar-refractivity contribution >= 4 is 11.9 Å². The fourth-order valence-corrected chi connectivity index (χ4v) is 0.481. The molecule has 0 saturated carbocycles. The first-order chi connectivity index (χ1) is 5.07. The molecule has 0 unspecified atom stereocenters. The lowest BCUT2D eigenvalue weighted by molar-refractivity contribution is -0.139. The number of carboxylic acids is 2. The van der Waals surface area contributed by atoms with Gasteiger partial charge in [0.05, 0.1) is 0 Å².